The molecule has 0 unspecified atom stereocenters. The van der Waals surface area contributed by atoms with E-state index in [0.29, 0.717) is 18.8 Å². The highest BCUT2D eigenvalue weighted by atomic mass is 16.5. The third-order valence-corrected chi connectivity index (χ3v) is 3.95. The van der Waals surface area contributed by atoms with Crippen molar-refractivity contribution < 1.29 is 14.3 Å². The number of aromatic amines is 1. The summed E-state index contributed by atoms with van der Waals surface area (Å²) in [5.74, 6) is 0.688. The van der Waals surface area contributed by atoms with Crippen LogP contribution in [-0.4, -0.2) is 30.2 Å². The van der Waals surface area contributed by atoms with E-state index >= 15 is 0 Å². The monoisotopic (exact) mass is 314 g/mol. The predicted molar refractivity (Wildman–Crippen MR) is 87.6 cm³/mol. The Morgan fingerprint density at radius 3 is 3.09 bits per heavy atom. The Hall–Kier alpha value is -2.27. The summed E-state index contributed by atoms with van der Waals surface area (Å²) in [5, 5.41) is 2.91. The Labute approximate surface area is 136 Å². The Kier molecular flexibility index (Phi) is 4.98. The van der Waals surface area contributed by atoms with Crippen LogP contribution in [0.4, 0.5) is 0 Å². The number of nitrogens with one attached hydrogen (secondary N) is 2. The van der Waals surface area contributed by atoms with Gasteiger partial charge in [-0.1, -0.05) is 12.1 Å². The molecule has 0 saturated carbocycles. The van der Waals surface area contributed by atoms with E-state index in [4.69, 9.17) is 9.47 Å². The quantitative estimate of drug-likeness (QED) is 0.862. The van der Waals surface area contributed by atoms with Crippen LogP contribution in [0.15, 0.2) is 36.5 Å². The van der Waals surface area contributed by atoms with E-state index in [1.807, 2.05) is 25.1 Å². The zero-order valence-corrected chi connectivity index (χ0v) is 13.3. The molecular formula is C18H22N2O3. The molecular weight excluding hydrogens is 292 g/mol. The fourth-order valence-corrected chi connectivity index (χ4v) is 2.64. The fourth-order valence-electron chi connectivity index (χ4n) is 2.64. The normalized spacial score (nSPS) is 17.2. The molecule has 0 aliphatic carbocycles. The molecule has 1 fully saturated rings. The summed E-state index contributed by atoms with van der Waals surface area (Å²) in [6.45, 7) is 3.83. The first-order valence-corrected chi connectivity index (χ1v) is 7.98. The summed E-state index contributed by atoms with van der Waals surface area (Å²) in [6, 6.07) is 9.57. The molecule has 122 valence electrons. The number of carbonyl (C=O) groups excluding carboxylic acids is 1. The third-order valence-electron chi connectivity index (χ3n) is 3.95. The van der Waals surface area contributed by atoms with E-state index < -0.39 is 0 Å². The smallest absolute Gasteiger partial charge is 0.267 e. The van der Waals surface area contributed by atoms with Crippen LogP contribution in [0.5, 0.6) is 5.75 Å². The average Bonchev–Trinajstić information content (AvgIpc) is 3.25. The highest BCUT2D eigenvalue weighted by molar-refractivity contribution is 5.92. The van der Waals surface area contributed by atoms with Gasteiger partial charge in [-0.3, -0.25) is 4.79 Å². The molecule has 1 saturated heterocycles. The summed E-state index contributed by atoms with van der Waals surface area (Å²) >= 11 is 0. The summed E-state index contributed by atoms with van der Waals surface area (Å²) in [6.07, 6.45) is 4.06. The molecule has 1 aromatic heterocycles. The molecule has 3 rings (SSSR count). The number of ether oxygens (including phenoxy) is 2. The zero-order valence-electron chi connectivity index (χ0n) is 13.3. The van der Waals surface area contributed by atoms with Crippen LogP contribution < -0.4 is 10.1 Å². The zero-order chi connectivity index (χ0) is 16.1. The molecule has 5 nitrogen and oxygen atoms in total. The second-order valence-electron chi connectivity index (χ2n) is 5.82. The maximum atomic E-state index is 12.0. The first kappa shape index (κ1) is 15.6. The summed E-state index contributed by atoms with van der Waals surface area (Å²) in [4.78, 5) is 14.9. The lowest BCUT2D eigenvalue weighted by molar-refractivity contribution is 0.0675. The van der Waals surface area contributed by atoms with Crippen molar-refractivity contribution in [2.24, 2.45) is 0 Å². The number of aryl methyl sites for hydroxylation is 1. The van der Waals surface area contributed by atoms with Gasteiger partial charge in [0, 0.05) is 24.9 Å². The highest BCUT2D eigenvalue weighted by Crippen LogP contribution is 2.22. The van der Waals surface area contributed by atoms with E-state index in [-0.39, 0.29) is 12.0 Å². The van der Waals surface area contributed by atoms with Gasteiger partial charge in [-0.05, 0) is 43.5 Å². The maximum Gasteiger partial charge on any atom is 0.267 e. The van der Waals surface area contributed by atoms with Crippen molar-refractivity contribution in [1.82, 2.24) is 10.3 Å². The van der Waals surface area contributed by atoms with Gasteiger partial charge in [0.2, 0.25) is 0 Å². The van der Waals surface area contributed by atoms with Gasteiger partial charge >= 0.3 is 0 Å². The van der Waals surface area contributed by atoms with Gasteiger partial charge in [-0.15, -0.1) is 0 Å². The Morgan fingerprint density at radius 1 is 1.43 bits per heavy atom. The van der Waals surface area contributed by atoms with E-state index in [0.717, 1.165) is 36.3 Å². The van der Waals surface area contributed by atoms with Crippen LogP contribution in [0, 0.1) is 6.92 Å². The molecule has 1 aromatic carbocycles. The number of aromatic nitrogens is 1. The molecule has 1 aliphatic rings. The third kappa shape index (κ3) is 4.13. The Balaban J connectivity index is 1.62. The molecule has 23 heavy (non-hydrogen) atoms. The lowest BCUT2D eigenvalue weighted by Gasteiger charge is -2.15. The maximum absolute atomic E-state index is 12.0. The largest absolute Gasteiger partial charge is 0.491 e. The second-order valence-corrected chi connectivity index (χ2v) is 5.82. The molecule has 2 aromatic rings. The van der Waals surface area contributed by atoms with Gasteiger partial charge in [0.05, 0.1) is 6.10 Å². The van der Waals surface area contributed by atoms with Crippen LogP contribution in [-0.2, 0) is 11.3 Å². The number of hydrogen-bond acceptors (Lipinski definition) is 3. The van der Waals surface area contributed by atoms with Crippen LogP contribution in [0.25, 0.3) is 0 Å². The summed E-state index contributed by atoms with van der Waals surface area (Å²) in [7, 11) is 0. The summed E-state index contributed by atoms with van der Waals surface area (Å²) < 4.78 is 11.5. The van der Waals surface area contributed by atoms with Gasteiger partial charge in [0.15, 0.2) is 0 Å². The van der Waals surface area contributed by atoms with Gasteiger partial charge in [-0.25, -0.2) is 0 Å². The van der Waals surface area contributed by atoms with Crippen molar-refractivity contribution in [2.75, 3.05) is 13.2 Å². The number of rotatable bonds is 6. The molecule has 5 heteroatoms. The van der Waals surface area contributed by atoms with E-state index in [9.17, 15) is 4.79 Å². The van der Waals surface area contributed by atoms with Gasteiger partial charge in [-0.2, -0.15) is 0 Å². The van der Waals surface area contributed by atoms with Crippen molar-refractivity contribution >= 4 is 5.91 Å². The SMILES string of the molecule is Cc1ccc(CNC(=O)c2ccc[nH]2)c(OC[C@H]2CCCO2)c1. The first-order chi connectivity index (χ1) is 11.2. The predicted octanol–water partition coefficient (Wildman–Crippen LogP) is 2.81. The number of benzene rings is 1. The standard InChI is InChI=1S/C18H22N2O3/c1-13-6-7-14(11-20-18(21)16-5-2-8-19-16)17(10-13)23-12-15-4-3-9-22-15/h2,5-8,10,15,19H,3-4,9,11-12H2,1H3,(H,20,21)/t15-/m1/s1. The highest BCUT2D eigenvalue weighted by Gasteiger charge is 2.17. The van der Waals surface area contributed by atoms with E-state index in [2.05, 4.69) is 10.3 Å². The van der Waals surface area contributed by atoms with Crippen molar-refractivity contribution in [3.8, 4) is 5.75 Å². The van der Waals surface area contributed by atoms with E-state index in [1.54, 1.807) is 18.3 Å². The molecule has 0 bridgehead atoms. The first-order valence-electron chi connectivity index (χ1n) is 7.98. The minimum atomic E-state index is -0.124. The summed E-state index contributed by atoms with van der Waals surface area (Å²) in [5.41, 5.74) is 2.65. The van der Waals surface area contributed by atoms with Gasteiger partial charge < -0.3 is 19.8 Å². The Bertz CT molecular complexity index is 646. The topological polar surface area (TPSA) is 63.4 Å². The second kappa shape index (κ2) is 7.33. The minimum Gasteiger partial charge on any atom is -0.491 e. The molecule has 2 heterocycles. The molecule has 1 aliphatic heterocycles. The average molecular weight is 314 g/mol. The van der Waals surface area contributed by atoms with Crippen LogP contribution in [0.3, 0.4) is 0 Å². The number of H-pyrrole nitrogens is 1. The molecule has 1 amide bonds. The van der Waals surface area contributed by atoms with Crippen LogP contribution in [0.1, 0.15) is 34.5 Å². The number of amides is 1. The van der Waals surface area contributed by atoms with Gasteiger partial charge in [0.1, 0.15) is 18.1 Å². The Morgan fingerprint density at radius 2 is 2.35 bits per heavy atom. The van der Waals surface area contributed by atoms with Crippen LogP contribution >= 0.6 is 0 Å². The van der Waals surface area contributed by atoms with Crippen molar-refractivity contribution in [2.45, 2.75) is 32.4 Å². The number of hydrogen-bond donors (Lipinski definition) is 2. The molecule has 0 spiro atoms. The molecule has 2 N–H and O–H groups in total. The fraction of sp³-hybridized carbons (Fsp3) is 0.389. The van der Waals surface area contributed by atoms with Crippen molar-refractivity contribution in [1.29, 1.82) is 0 Å². The minimum absolute atomic E-state index is 0.124. The lowest BCUT2D eigenvalue weighted by atomic mass is 10.1. The van der Waals surface area contributed by atoms with Crippen LogP contribution in [0.2, 0.25) is 0 Å². The number of carbonyl (C=O) groups is 1. The van der Waals surface area contributed by atoms with Crippen molar-refractivity contribution in [3.63, 3.8) is 0 Å². The van der Waals surface area contributed by atoms with E-state index in [1.165, 1.54) is 0 Å². The molecule has 1 atom stereocenters. The van der Waals surface area contributed by atoms with Crippen molar-refractivity contribution in [3.05, 3.63) is 53.3 Å². The molecule has 0 radical (unpaired) electrons. The lowest BCUT2D eigenvalue weighted by Crippen LogP contribution is -2.24. The van der Waals surface area contributed by atoms with Gasteiger partial charge in [0.25, 0.3) is 5.91 Å².